The molecule has 0 amide bonds. The summed E-state index contributed by atoms with van der Waals surface area (Å²) in [7, 11) is 0. The van der Waals surface area contributed by atoms with Gasteiger partial charge in [-0.05, 0) is 62.9 Å². The van der Waals surface area contributed by atoms with E-state index in [1.54, 1.807) is 11.9 Å². The third kappa shape index (κ3) is 2.52. The number of rotatable bonds is 2. The summed E-state index contributed by atoms with van der Waals surface area (Å²) in [5.74, 6) is -0.167. The van der Waals surface area contributed by atoms with Crippen LogP contribution in [0.15, 0.2) is 29.2 Å². The molecule has 1 saturated heterocycles. The van der Waals surface area contributed by atoms with Crippen molar-refractivity contribution < 1.29 is 4.39 Å². The molecule has 0 spiro atoms. The van der Waals surface area contributed by atoms with Crippen LogP contribution in [-0.4, -0.2) is 16.4 Å². The van der Waals surface area contributed by atoms with E-state index in [1.165, 1.54) is 25.0 Å². The van der Waals surface area contributed by atoms with E-state index in [-0.39, 0.29) is 11.4 Å². The maximum atomic E-state index is 12.7. The Hall–Kier alpha value is -0.540. The van der Waals surface area contributed by atoms with Gasteiger partial charge in [0.05, 0.1) is 0 Å². The van der Waals surface area contributed by atoms with Crippen LogP contribution in [0, 0.1) is 5.82 Å². The highest BCUT2D eigenvalue weighted by Crippen LogP contribution is 2.37. The van der Waals surface area contributed by atoms with Gasteiger partial charge in [0.1, 0.15) is 5.82 Å². The van der Waals surface area contributed by atoms with Gasteiger partial charge in [-0.15, -0.1) is 0 Å². The zero-order valence-corrected chi connectivity index (χ0v) is 9.98. The van der Waals surface area contributed by atoms with Gasteiger partial charge in [-0.25, -0.2) is 8.70 Å². The van der Waals surface area contributed by atoms with Gasteiger partial charge < -0.3 is 0 Å². The van der Waals surface area contributed by atoms with E-state index in [0.717, 1.165) is 11.4 Å². The van der Waals surface area contributed by atoms with Gasteiger partial charge in [-0.1, -0.05) is 0 Å². The van der Waals surface area contributed by atoms with Crippen LogP contribution in [0.5, 0.6) is 0 Å². The molecule has 1 aromatic rings. The highest BCUT2D eigenvalue weighted by molar-refractivity contribution is 7.97. The van der Waals surface area contributed by atoms with Crippen LogP contribution in [0.3, 0.4) is 0 Å². The smallest absolute Gasteiger partial charge is 0.123 e. The maximum Gasteiger partial charge on any atom is 0.123 e. The molecule has 1 fully saturated rings. The van der Waals surface area contributed by atoms with E-state index in [2.05, 4.69) is 18.2 Å². The Bertz CT molecular complexity index is 334. The normalized spacial score (nSPS) is 20.7. The van der Waals surface area contributed by atoms with Crippen molar-refractivity contribution in [3.05, 3.63) is 30.1 Å². The first kappa shape index (κ1) is 11.0. The Morgan fingerprint density at radius 2 is 1.93 bits per heavy atom. The van der Waals surface area contributed by atoms with Gasteiger partial charge in [0, 0.05) is 17.0 Å². The Morgan fingerprint density at radius 1 is 1.27 bits per heavy atom. The van der Waals surface area contributed by atoms with Gasteiger partial charge in [-0.2, -0.15) is 0 Å². The molecule has 0 N–H and O–H groups in total. The molecule has 0 radical (unpaired) electrons. The minimum absolute atomic E-state index is 0.167. The minimum atomic E-state index is -0.167. The van der Waals surface area contributed by atoms with Crippen LogP contribution in [0.1, 0.15) is 26.7 Å². The van der Waals surface area contributed by atoms with Gasteiger partial charge in [0.15, 0.2) is 0 Å². The third-order valence-corrected chi connectivity index (χ3v) is 4.23. The molecule has 15 heavy (non-hydrogen) atoms. The van der Waals surface area contributed by atoms with Crippen molar-refractivity contribution >= 4 is 11.9 Å². The van der Waals surface area contributed by atoms with Crippen molar-refractivity contribution in [2.75, 3.05) is 6.54 Å². The molecular weight excluding hydrogens is 209 g/mol. The molecule has 0 bridgehead atoms. The molecule has 0 aromatic heterocycles. The van der Waals surface area contributed by atoms with E-state index >= 15 is 0 Å². The second kappa shape index (κ2) is 4.14. The molecule has 0 saturated carbocycles. The van der Waals surface area contributed by atoms with Crippen molar-refractivity contribution in [1.29, 1.82) is 0 Å². The number of benzene rings is 1. The van der Waals surface area contributed by atoms with Crippen molar-refractivity contribution in [2.24, 2.45) is 0 Å². The van der Waals surface area contributed by atoms with Crippen molar-refractivity contribution in [1.82, 2.24) is 4.31 Å². The minimum Gasteiger partial charge on any atom is -0.241 e. The molecule has 3 heteroatoms. The van der Waals surface area contributed by atoms with Crippen LogP contribution in [0.25, 0.3) is 0 Å². The van der Waals surface area contributed by atoms with Crippen LogP contribution in [0.2, 0.25) is 0 Å². The first-order chi connectivity index (χ1) is 7.08. The average molecular weight is 225 g/mol. The maximum absolute atomic E-state index is 12.7. The lowest BCUT2D eigenvalue weighted by molar-refractivity contribution is 0.319. The summed E-state index contributed by atoms with van der Waals surface area (Å²) >= 11 is 1.73. The van der Waals surface area contributed by atoms with Gasteiger partial charge in [-0.3, -0.25) is 0 Å². The van der Waals surface area contributed by atoms with E-state index in [4.69, 9.17) is 0 Å². The monoisotopic (exact) mass is 225 g/mol. The molecule has 0 aliphatic carbocycles. The molecule has 1 aliphatic heterocycles. The largest absolute Gasteiger partial charge is 0.241 e. The van der Waals surface area contributed by atoms with Crippen LogP contribution in [-0.2, 0) is 0 Å². The molecule has 1 aromatic carbocycles. The summed E-state index contributed by atoms with van der Waals surface area (Å²) < 4.78 is 15.1. The zero-order valence-electron chi connectivity index (χ0n) is 9.16. The lowest BCUT2D eigenvalue weighted by Crippen LogP contribution is -2.32. The lowest BCUT2D eigenvalue weighted by Gasteiger charge is -2.30. The van der Waals surface area contributed by atoms with Gasteiger partial charge in [0.2, 0.25) is 0 Å². The van der Waals surface area contributed by atoms with E-state index in [0.29, 0.717) is 0 Å². The summed E-state index contributed by atoms with van der Waals surface area (Å²) in [4.78, 5) is 1.12. The summed E-state index contributed by atoms with van der Waals surface area (Å²) in [5.41, 5.74) is 0.263. The van der Waals surface area contributed by atoms with Crippen LogP contribution in [0.4, 0.5) is 4.39 Å². The topological polar surface area (TPSA) is 3.24 Å². The summed E-state index contributed by atoms with van der Waals surface area (Å²) in [6, 6.07) is 6.72. The van der Waals surface area contributed by atoms with Crippen molar-refractivity contribution in [2.45, 2.75) is 37.1 Å². The van der Waals surface area contributed by atoms with E-state index in [1.807, 2.05) is 12.1 Å². The molecule has 2 rings (SSSR count). The molecular formula is C12H16FNS. The number of hydrogen-bond donors (Lipinski definition) is 0. The second-order valence-corrected chi connectivity index (χ2v) is 5.66. The molecule has 1 heterocycles. The quantitative estimate of drug-likeness (QED) is 0.706. The standard InChI is InChI=1S/C12H16FNS/c1-12(2)8-3-9-14(12)15-11-6-4-10(13)5-7-11/h4-7H,3,8-9H2,1-2H3. The fraction of sp³-hybridized carbons (Fsp3) is 0.500. The number of halogens is 1. The molecule has 82 valence electrons. The van der Waals surface area contributed by atoms with Gasteiger partial charge >= 0.3 is 0 Å². The molecule has 1 aliphatic rings. The first-order valence-corrected chi connectivity index (χ1v) is 6.06. The Morgan fingerprint density at radius 3 is 2.47 bits per heavy atom. The number of hydrogen-bond acceptors (Lipinski definition) is 2. The summed E-state index contributed by atoms with van der Waals surface area (Å²) in [6.45, 7) is 5.64. The molecule has 1 nitrogen and oxygen atoms in total. The summed E-state index contributed by atoms with van der Waals surface area (Å²) in [6.07, 6.45) is 2.49. The Labute approximate surface area is 94.8 Å². The predicted molar refractivity (Wildman–Crippen MR) is 62.3 cm³/mol. The van der Waals surface area contributed by atoms with Crippen molar-refractivity contribution in [3.63, 3.8) is 0 Å². The third-order valence-electron chi connectivity index (χ3n) is 2.85. The zero-order chi connectivity index (χ0) is 10.9. The number of nitrogens with zero attached hydrogens (tertiary/aromatic N) is 1. The molecule has 0 atom stereocenters. The fourth-order valence-corrected chi connectivity index (χ4v) is 2.95. The van der Waals surface area contributed by atoms with Crippen LogP contribution < -0.4 is 0 Å². The Balaban J connectivity index is 2.06. The van der Waals surface area contributed by atoms with Crippen molar-refractivity contribution in [3.8, 4) is 0 Å². The SMILES string of the molecule is CC1(C)CCCN1Sc1ccc(F)cc1. The van der Waals surface area contributed by atoms with E-state index in [9.17, 15) is 4.39 Å². The van der Waals surface area contributed by atoms with Crippen LogP contribution >= 0.6 is 11.9 Å². The lowest BCUT2D eigenvalue weighted by atomic mass is 10.0. The van der Waals surface area contributed by atoms with E-state index < -0.39 is 0 Å². The predicted octanol–water partition coefficient (Wildman–Crippen LogP) is 3.71. The van der Waals surface area contributed by atoms with Gasteiger partial charge in [0.25, 0.3) is 0 Å². The highest BCUT2D eigenvalue weighted by Gasteiger charge is 2.32. The molecule has 0 unspecified atom stereocenters. The Kier molecular flexibility index (Phi) is 3.03. The fourth-order valence-electron chi connectivity index (χ4n) is 1.87. The summed E-state index contributed by atoms with van der Waals surface area (Å²) in [5, 5.41) is 0. The second-order valence-electron chi connectivity index (χ2n) is 4.56. The average Bonchev–Trinajstić information content (AvgIpc) is 2.50. The highest BCUT2D eigenvalue weighted by atomic mass is 32.2. The first-order valence-electron chi connectivity index (χ1n) is 5.29.